The highest BCUT2D eigenvalue weighted by molar-refractivity contribution is 5.89. The Morgan fingerprint density at radius 3 is 2.71 bits per heavy atom. The second-order valence-corrected chi connectivity index (χ2v) is 5.82. The minimum Gasteiger partial charge on any atom is -0.465 e. The standard InChI is InChI=1S/C16H21N3O2/c1-21-16(20)13-8-9-14-17-18-15(19(14)11-13)10-12-6-4-2-3-5-7-12/h8-9,11-12H,2-7,10H2,1H3. The fraction of sp³-hybridized carbons (Fsp3) is 0.562. The molecular formula is C16H21N3O2. The number of fused-ring (bicyclic) bond motifs is 1. The summed E-state index contributed by atoms with van der Waals surface area (Å²) >= 11 is 0. The molecule has 2 aromatic heterocycles. The number of hydrogen-bond acceptors (Lipinski definition) is 4. The van der Waals surface area contributed by atoms with Crippen LogP contribution in [0.4, 0.5) is 0 Å². The van der Waals surface area contributed by atoms with Crippen molar-refractivity contribution in [3.63, 3.8) is 0 Å². The number of ether oxygens (including phenoxy) is 1. The minimum absolute atomic E-state index is 0.328. The number of nitrogens with zero attached hydrogens (tertiary/aromatic N) is 3. The second kappa shape index (κ2) is 6.24. The first-order valence-corrected chi connectivity index (χ1v) is 7.70. The van der Waals surface area contributed by atoms with Gasteiger partial charge in [0.25, 0.3) is 0 Å². The lowest BCUT2D eigenvalue weighted by molar-refractivity contribution is 0.0600. The Morgan fingerprint density at radius 2 is 2.00 bits per heavy atom. The molecule has 1 fully saturated rings. The summed E-state index contributed by atoms with van der Waals surface area (Å²) in [4.78, 5) is 11.6. The molecule has 5 heteroatoms. The molecule has 0 N–H and O–H groups in total. The number of pyridine rings is 1. The van der Waals surface area contributed by atoms with Crippen molar-refractivity contribution in [2.45, 2.75) is 44.9 Å². The number of carbonyl (C=O) groups excluding carboxylic acids is 1. The lowest BCUT2D eigenvalue weighted by Crippen LogP contribution is -2.08. The third kappa shape index (κ3) is 3.06. The van der Waals surface area contributed by atoms with Crippen LogP contribution < -0.4 is 0 Å². The zero-order valence-electron chi connectivity index (χ0n) is 12.4. The summed E-state index contributed by atoms with van der Waals surface area (Å²) in [5, 5.41) is 8.50. The minimum atomic E-state index is -0.328. The van der Waals surface area contributed by atoms with Gasteiger partial charge in [-0.2, -0.15) is 0 Å². The van der Waals surface area contributed by atoms with E-state index in [0.717, 1.165) is 17.9 Å². The summed E-state index contributed by atoms with van der Waals surface area (Å²) in [5.41, 5.74) is 1.32. The zero-order chi connectivity index (χ0) is 14.7. The van der Waals surface area contributed by atoms with Crippen molar-refractivity contribution in [3.8, 4) is 0 Å². The van der Waals surface area contributed by atoms with E-state index in [1.54, 1.807) is 12.3 Å². The molecule has 112 valence electrons. The molecule has 0 bridgehead atoms. The topological polar surface area (TPSA) is 56.5 Å². The van der Waals surface area contributed by atoms with Crippen LogP contribution in [0.3, 0.4) is 0 Å². The van der Waals surface area contributed by atoms with Crippen molar-refractivity contribution in [1.29, 1.82) is 0 Å². The molecule has 21 heavy (non-hydrogen) atoms. The van der Waals surface area contributed by atoms with Gasteiger partial charge in [0, 0.05) is 12.6 Å². The molecule has 0 unspecified atom stereocenters. The normalized spacial score (nSPS) is 16.8. The number of esters is 1. The lowest BCUT2D eigenvalue weighted by Gasteiger charge is -2.12. The van der Waals surface area contributed by atoms with Crippen molar-refractivity contribution < 1.29 is 9.53 Å². The third-order valence-corrected chi connectivity index (χ3v) is 4.34. The van der Waals surface area contributed by atoms with Crippen molar-refractivity contribution in [1.82, 2.24) is 14.6 Å². The number of methoxy groups -OCH3 is 1. The predicted octanol–water partition coefficient (Wildman–Crippen LogP) is 3.03. The highest BCUT2D eigenvalue weighted by atomic mass is 16.5. The van der Waals surface area contributed by atoms with Gasteiger partial charge < -0.3 is 4.74 Å². The van der Waals surface area contributed by atoms with Gasteiger partial charge in [-0.05, 0) is 18.1 Å². The molecule has 1 aliphatic carbocycles. The van der Waals surface area contributed by atoms with E-state index in [9.17, 15) is 4.79 Å². The maximum absolute atomic E-state index is 11.6. The van der Waals surface area contributed by atoms with E-state index >= 15 is 0 Å². The van der Waals surface area contributed by atoms with Crippen LogP contribution in [0.15, 0.2) is 18.3 Å². The fourth-order valence-electron chi connectivity index (χ4n) is 3.14. The molecule has 3 rings (SSSR count). The molecule has 0 atom stereocenters. The molecule has 0 spiro atoms. The number of aromatic nitrogens is 3. The Morgan fingerprint density at radius 1 is 1.24 bits per heavy atom. The molecule has 2 aromatic rings. The Balaban J connectivity index is 1.85. The molecule has 0 amide bonds. The van der Waals surface area contributed by atoms with Gasteiger partial charge in [0.05, 0.1) is 12.7 Å². The quantitative estimate of drug-likeness (QED) is 0.643. The zero-order valence-corrected chi connectivity index (χ0v) is 12.4. The van der Waals surface area contributed by atoms with Crippen LogP contribution in [-0.4, -0.2) is 27.7 Å². The maximum Gasteiger partial charge on any atom is 0.339 e. The van der Waals surface area contributed by atoms with Crippen molar-refractivity contribution in [3.05, 3.63) is 29.7 Å². The van der Waals surface area contributed by atoms with Gasteiger partial charge in [0.15, 0.2) is 5.65 Å². The summed E-state index contributed by atoms with van der Waals surface area (Å²) in [7, 11) is 1.39. The van der Waals surface area contributed by atoms with E-state index in [1.807, 2.05) is 10.5 Å². The van der Waals surface area contributed by atoms with E-state index in [1.165, 1.54) is 45.6 Å². The summed E-state index contributed by atoms with van der Waals surface area (Å²) in [6, 6.07) is 3.54. The van der Waals surface area contributed by atoms with Crippen LogP contribution in [0.2, 0.25) is 0 Å². The molecule has 0 aliphatic heterocycles. The molecule has 1 saturated carbocycles. The van der Waals surface area contributed by atoms with Crippen molar-refractivity contribution >= 4 is 11.6 Å². The Labute approximate surface area is 124 Å². The van der Waals surface area contributed by atoms with E-state index in [0.29, 0.717) is 11.5 Å². The van der Waals surface area contributed by atoms with Gasteiger partial charge in [-0.15, -0.1) is 10.2 Å². The van der Waals surface area contributed by atoms with Crippen molar-refractivity contribution in [2.75, 3.05) is 7.11 Å². The average Bonchev–Trinajstić information content (AvgIpc) is 2.73. The average molecular weight is 287 g/mol. The van der Waals surface area contributed by atoms with Crippen LogP contribution in [0, 0.1) is 5.92 Å². The maximum atomic E-state index is 11.6. The number of hydrogen-bond donors (Lipinski definition) is 0. The first kappa shape index (κ1) is 14.0. The highest BCUT2D eigenvalue weighted by Gasteiger charge is 2.17. The molecule has 5 nitrogen and oxygen atoms in total. The largest absolute Gasteiger partial charge is 0.465 e. The van der Waals surface area contributed by atoms with Gasteiger partial charge in [0.1, 0.15) is 5.82 Å². The van der Waals surface area contributed by atoms with Gasteiger partial charge in [-0.3, -0.25) is 4.40 Å². The van der Waals surface area contributed by atoms with Gasteiger partial charge in [-0.1, -0.05) is 38.5 Å². The number of rotatable bonds is 3. The first-order chi connectivity index (χ1) is 10.3. The van der Waals surface area contributed by atoms with Gasteiger partial charge in [-0.25, -0.2) is 4.79 Å². The van der Waals surface area contributed by atoms with Crippen LogP contribution in [0.25, 0.3) is 5.65 Å². The monoisotopic (exact) mass is 287 g/mol. The Kier molecular flexibility index (Phi) is 4.18. The summed E-state index contributed by atoms with van der Waals surface area (Å²) in [6.45, 7) is 0. The molecule has 2 heterocycles. The van der Waals surface area contributed by atoms with E-state index in [-0.39, 0.29) is 5.97 Å². The molecule has 0 aromatic carbocycles. The van der Waals surface area contributed by atoms with Crippen molar-refractivity contribution in [2.24, 2.45) is 5.92 Å². The highest BCUT2D eigenvalue weighted by Crippen LogP contribution is 2.25. The van der Waals surface area contributed by atoms with Gasteiger partial charge in [0.2, 0.25) is 0 Å². The summed E-state index contributed by atoms with van der Waals surface area (Å²) < 4.78 is 6.70. The fourth-order valence-corrected chi connectivity index (χ4v) is 3.14. The van der Waals surface area contributed by atoms with E-state index in [2.05, 4.69) is 10.2 Å². The van der Waals surface area contributed by atoms with E-state index < -0.39 is 0 Å². The summed E-state index contributed by atoms with van der Waals surface area (Å²) in [6.07, 6.45) is 10.6. The Hall–Kier alpha value is -1.91. The predicted molar refractivity (Wildman–Crippen MR) is 79.2 cm³/mol. The molecule has 1 aliphatic rings. The van der Waals surface area contributed by atoms with Crippen LogP contribution >= 0.6 is 0 Å². The molecule has 0 saturated heterocycles. The second-order valence-electron chi connectivity index (χ2n) is 5.82. The lowest BCUT2D eigenvalue weighted by atomic mass is 9.96. The van der Waals surface area contributed by atoms with Gasteiger partial charge >= 0.3 is 5.97 Å². The first-order valence-electron chi connectivity index (χ1n) is 7.70. The molecular weight excluding hydrogens is 266 g/mol. The van der Waals surface area contributed by atoms with Crippen LogP contribution in [0.5, 0.6) is 0 Å². The Bertz CT molecular complexity index is 627. The SMILES string of the molecule is COC(=O)c1ccc2nnc(CC3CCCCCC3)n2c1. The third-order valence-electron chi connectivity index (χ3n) is 4.34. The summed E-state index contributed by atoms with van der Waals surface area (Å²) in [5.74, 6) is 1.30. The van der Waals surface area contributed by atoms with Crippen LogP contribution in [0.1, 0.15) is 54.7 Å². The smallest absolute Gasteiger partial charge is 0.339 e. The molecule has 0 radical (unpaired) electrons. The number of carbonyl (C=O) groups is 1. The van der Waals surface area contributed by atoms with E-state index in [4.69, 9.17) is 4.74 Å². The van der Waals surface area contributed by atoms with Crippen LogP contribution in [-0.2, 0) is 11.2 Å².